The molecule has 0 bridgehead atoms. The molecular weight excluding hydrogens is 142 g/mol. The van der Waals surface area contributed by atoms with Crippen molar-refractivity contribution >= 4 is 0 Å². The Morgan fingerprint density at radius 1 is 1.55 bits per heavy atom. The molecule has 0 aromatic carbocycles. The topological polar surface area (TPSA) is 48.4 Å². The average molecular weight is 153 g/mol. The maximum absolute atomic E-state index is 5.79. The van der Waals surface area contributed by atoms with Crippen LogP contribution in [-0.2, 0) is 4.74 Å². The van der Waals surface area contributed by atoms with Crippen molar-refractivity contribution in [1.82, 2.24) is 0 Å². The molecule has 0 amide bonds. The fourth-order valence-corrected chi connectivity index (χ4v) is 1.35. The van der Waals surface area contributed by atoms with Crippen molar-refractivity contribution in [2.45, 2.75) is 18.6 Å². The van der Waals surface area contributed by atoms with E-state index in [1.54, 1.807) is 6.26 Å². The fraction of sp³-hybridized carbons (Fsp3) is 0.500. The highest BCUT2D eigenvalue weighted by molar-refractivity contribution is 5.06. The molecule has 1 aliphatic rings. The summed E-state index contributed by atoms with van der Waals surface area (Å²) in [6, 6.07) is 3.85. The second-order valence-electron chi connectivity index (χ2n) is 2.76. The molecule has 2 heterocycles. The summed E-state index contributed by atoms with van der Waals surface area (Å²) in [5.41, 5.74) is 5.79. The molecule has 3 heteroatoms. The van der Waals surface area contributed by atoms with Crippen LogP contribution in [0.4, 0.5) is 0 Å². The first kappa shape index (κ1) is 6.88. The highest BCUT2D eigenvalue weighted by Gasteiger charge is 2.28. The molecule has 0 spiro atoms. The Kier molecular flexibility index (Phi) is 1.68. The second kappa shape index (κ2) is 2.68. The molecule has 0 aliphatic carbocycles. The third-order valence-electron chi connectivity index (χ3n) is 1.96. The van der Waals surface area contributed by atoms with Crippen molar-refractivity contribution in [1.29, 1.82) is 0 Å². The van der Waals surface area contributed by atoms with Crippen LogP contribution in [0.25, 0.3) is 0 Å². The van der Waals surface area contributed by atoms with Crippen LogP contribution in [0.1, 0.15) is 18.3 Å². The van der Waals surface area contributed by atoms with Crippen LogP contribution in [-0.4, -0.2) is 12.6 Å². The lowest BCUT2D eigenvalue weighted by Crippen LogP contribution is -2.22. The fourth-order valence-electron chi connectivity index (χ4n) is 1.35. The molecule has 11 heavy (non-hydrogen) atoms. The quantitative estimate of drug-likeness (QED) is 0.656. The first-order chi connectivity index (χ1) is 5.38. The second-order valence-corrected chi connectivity index (χ2v) is 2.76. The van der Waals surface area contributed by atoms with E-state index in [0.29, 0.717) is 0 Å². The smallest absolute Gasteiger partial charge is 0.134 e. The van der Waals surface area contributed by atoms with Crippen LogP contribution in [0, 0.1) is 0 Å². The van der Waals surface area contributed by atoms with Gasteiger partial charge in [0, 0.05) is 12.6 Å². The number of nitrogens with two attached hydrogens (primary N) is 1. The largest absolute Gasteiger partial charge is 0.467 e. The Hall–Kier alpha value is -0.800. The van der Waals surface area contributed by atoms with E-state index in [1.807, 2.05) is 12.1 Å². The first-order valence-electron chi connectivity index (χ1n) is 3.78. The molecule has 1 saturated heterocycles. The van der Waals surface area contributed by atoms with E-state index in [2.05, 4.69) is 0 Å². The lowest BCUT2D eigenvalue weighted by molar-refractivity contribution is 0.0866. The van der Waals surface area contributed by atoms with Crippen molar-refractivity contribution < 1.29 is 9.15 Å². The molecule has 1 aliphatic heterocycles. The van der Waals surface area contributed by atoms with Gasteiger partial charge in [-0.05, 0) is 18.6 Å². The molecule has 0 unspecified atom stereocenters. The van der Waals surface area contributed by atoms with Gasteiger partial charge < -0.3 is 14.9 Å². The zero-order valence-electron chi connectivity index (χ0n) is 6.19. The van der Waals surface area contributed by atoms with E-state index in [9.17, 15) is 0 Å². The van der Waals surface area contributed by atoms with E-state index in [-0.39, 0.29) is 12.1 Å². The average Bonchev–Trinajstić information content (AvgIpc) is 2.55. The first-order valence-corrected chi connectivity index (χ1v) is 3.78. The van der Waals surface area contributed by atoms with Crippen molar-refractivity contribution in [3.05, 3.63) is 24.2 Å². The van der Waals surface area contributed by atoms with E-state index in [4.69, 9.17) is 14.9 Å². The monoisotopic (exact) mass is 153 g/mol. The summed E-state index contributed by atoms with van der Waals surface area (Å²) >= 11 is 0. The maximum Gasteiger partial charge on any atom is 0.134 e. The summed E-state index contributed by atoms with van der Waals surface area (Å²) in [4.78, 5) is 0. The predicted molar refractivity (Wildman–Crippen MR) is 40.0 cm³/mol. The number of hydrogen-bond acceptors (Lipinski definition) is 3. The van der Waals surface area contributed by atoms with Crippen LogP contribution >= 0.6 is 0 Å². The Morgan fingerprint density at radius 3 is 3.00 bits per heavy atom. The Morgan fingerprint density at radius 2 is 2.45 bits per heavy atom. The molecule has 0 radical (unpaired) electrons. The van der Waals surface area contributed by atoms with Gasteiger partial charge >= 0.3 is 0 Å². The maximum atomic E-state index is 5.79. The van der Waals surface area contributed by atoms with E-state index >= 15 is 0 Å². The molecule has 1 aromatic rings. The van der Waals surface area contributed by atoms with Crippen LogP contribution in [0.15, 0.2) is 22.8 Å². The number of rotatable bonds is 1. The van der Waals surface area contributed by atoms with Crippen LogP contribution in [0.3, 0.4) is 0 Å². The standard InChI is InChI=1S/C8H11NO2/c9-6-3-5-11-8(6)7-2-1-4-10-7/h1-2,4,6,8H,3,5,9H2/t6-,8-/m0/s1. The zero-order chi connectivity index (χ0) is 7.68. The summed E-state index contributed by atoms with van der Waals surface area (Å²) in [5.74, 6) is 0.843. The molecule has 2 rings (SSSR count). The molecule has 1 aromatic heterocycles. The van der Waals surface area contributed by atoms with Crippen LogP contribution in [0.2, 0.25) is 0 Å². The third-order valence-corrected chi connectivity index (χ3v) is 1.96. The van der Waals surface area contributed by atoms with E-state index < -0.39 is 0 Å². The summed E-state index contributed by atoms with van der Waals surface area (Å²) < 4.78 is 10.6. The van der Waals surface area contributed by atoms with Gasteiger partial charge in [0.15, 0.2) is 0 Å². The Balaban J connectivity index is 2.16. The Bertz CT molecular complexity index is 220. The predicted octanol–water partition coefficient (Wildman–Crippen LogP) is 1.07. The lowest BCUT2D eigenvalue weighted by Gasteiger charge is -2.10. The Labute approximate surface area is 65.1 Å². The van der Waals surface area contributed by atoms with Gasteiger partial charge in [0.2, 0.25) is 0 Å². The number of ether oxygens (including phenoxy) is 1. The molecular formula is C8H11NO2. The van der Waals surface area contributed by atoms with E-state index in [0.717, 1.165) is 18.8 Å². The van der Waals surface area contributed by atoms with Crippen LogP contribution < -0.4 is 5.73 Å². The van der Waals surface area contributed by atoms with Crippen molar-refractivity contribution in [3.8, 4) is 0 Å². The summed E-state index contributed by atoms with van der Waals surface area (Å²) in [6.07, 6.45) is 2.54. The molecule has 0 saturated carbocycles. The van der Waals surface area contributed by atoms with Gasteiger partial charge in [-0.3, -0.25) is 0 Å². The van der Waals surface area contributed by atoms with Crippen LogP contribution in [0.5, 0.6) is 0 Å². The van der Waals surface area contributed by atoms with Crippen molar-refractivity contribution in [3.63, 3.8) is 0 Å². The summed E-state index contributed by atoms with van der Waals surface area (Å²) in [5, 5.41) is 0. The highest BCUT2D eigenvalue weighted by atomic mass is 16.5. The van der Waals surface area contributed by atoms with Gasteiger partial charge in [-0.25, -0.2) is 0 Å². The van der Waals surface area contributed by atoms with Gasteiger partial charge in [0.05, 0.1) is 6.26 Å². The molecule has 1 fully saturated rings. The van der Waals surface area contributed by atoms with Gasteiger partial charge in [-0.15, -0.1) is 0 Å². The van der Waals surface area contributed by atoms with Gasteiger partial charge in [-0.2, -0.15) is 0 Å². The normalized spacial score (nSPS) is 31.0. The minimum atomic E-state index is -0.0231. The zero-order valence-corrected chi connectivity index (χ0v) is 6.19. The molecule has 3 nitrogen and oxygen atoms in total. The summed E-state index contributed by atoms with van der Waals surface area (Å²) in [7, 11) is 0. The summed E-state index contributed by atoms with van der Waals surface area (Å²) in [6.45, 7) is 0.743. The van der Waals surface area contributed by atoms with Gasteiger partial charge in [0.1, 0.15) is 11.9 Å². The number of furan rings is 1. The van der Waals surface area contributed by atoms with Gasteiger partial charge in [-0.1, -0.05) is 0 Å². The SMILES string of the molecule is N[C@H]1CCO[C@@H]1c1ccco1. The highest BCUT2D eigenvalue weighted by Crippen LogP contribution is 2.27. The molecule has 60 valence electrons. The minimum Gasteiger partial charge on any atom is -0.467 e. The molecule has 2 N–H and O–H groups in total. The molecule has 2 atom stereocenters. The van der Waals surface area contributed by atoms with Crippen molar-refractivity contribution in [2.75, 3.05) is 6.61 Å². The van der Waals surface area contributed by atoms with Gasteiger partial charge in [0.25, 0.3) is 0 Å². The minimum absolute atomic E-state index is 0.0231. The lowest BCUT2D eigenvalue weighted by atomic mass is 10.1. The number of hydrogen-bond donors (Lipinski definition) is 1. The van der Waals surface area contributed by atoms with E-state index in [1.165, 1.54) is 0 Å². The third kappa shape index (κ3) is 1.17. The van der Waals surface area contributed by atoms with Crippen molar-refractivity contribution in [2.24, 2.45) is 5.73 Å².